The van der Waals surface area contributed by atoms with Crippen molar-refractivity contribution in [3.8, 4) is 11.5 Å². The van der Waals surface area contributed by atoms with E-state index in [4.69, 9.17) is 4.74 Å². The number of nitrogens with zero attached hydrogens (tertiary/aromatic N) is 1. The normalized spacial score (nSPS) is 16.6. The minimum absolute atomic E-state index is 0.0963. The van der Waals surface area contributed by atoms with Crippen LogP contribution in [0.5, 0.6) is 11.5 Å². The van der Waals surface area contributed by atoms with Gasteiger partial charge in [0, 0.05) is 18.8 Å². The van der Waals surface area contributed by atoms with Crippen LogP contribution in [0.3, 0.4) is 0 Å². The van der Waals surface area contributed by atoms with E-state index in [-0.39, 0.29) is 24.1 Å². The zero-order valence-corrected chi connectivity index (χ0v) is 19.9. The van der Waals surface area contributed by atoms with E-state index in [1.807, 2.05) is 60.7 Å². The largest absolute Gasteiger partial charge is 0.457 e. The quantitative estimate of drug-likeness (QED) is 0.465. The summed E-state index contributed by atoms with van der Waals surface area (Å²) in [7, 11) is -3.39. The van der Waals surface area contributed by atoms with Gasteiger partial charge in [-0.3, -0.25) is 4.79 Å². The van der Waals surface area contributed by atoms with Crippen molar-refractivity contribution in [3.05, 3.63) is 90.5 Å². The lowest BCUT2D eigenvalue weighted by Gasteiger charge is -2.31. The Morgan fingerprint density at radius 1 is 0.912 bits per heavy atom. The molecule has 1 saturated heterocycles. The van der Waals surface area contributed by atoms with Crippen LogP contribution in [0, 0.1) is 5.92 Å². The predicted molar refractivity (Wildman–Crippen MR) is 134 cm³/mol. The number of amides is 1. The summed E-state index contributed by atoms with van der Waals surface area (Å²) < 4.78 is 33.0. The van der Waals surface area contributed by atoms with Crippen LogP contribution < -0.4 is 10.1 Å². The van der Waals surface area contributed by atoms with Crippen molar-refractivity contribution in [2.45, 2.75) is 25.7 Å². The van der Waals surface area contributed by atoms with E-state index < -0.39 is 10.0 Å². The third-order valence-corrected chi connectivity index (χ3v) is 7.88. The summed E-state index contributed by atoms with van der Waals surface area (Å²) in [6, 6.07) is 26.5. The maximum atomic E-state index is 12.9. The van der Waals surface area contributed by atoms with Crippen molar-refractivity contribution in [2.75, 3.05) is 24.2 Å². The number of piperidine rings is 1. The van der Waals surface area contributed by atoms with Gasteiger partial charge in [-0.25, -0.2) is 12.7 Å². The molecule has 6 nitrogen and oxygen atoms in total. The van der Waals surface area contributed by atoms with Crippen LogP contribution in [-0.2, 0) is 21.2 Å². The van der Waals surface area contributed by atoms with Crippen molar-refractivity contribution < 1.29 is 17.9 Å². The topological polar surface area (TPSA) is 75.7 Å². The Morgan fingerprint density at radius 2 is 1.56 bits per heavy atom. The maximum absolute atomic E-state index is 12.9. The number of hydrogen-bond acceptors (Lipinski definition) is 4. The van der Waals surface area contributed by atoms with E-state index in [0.717, 1.165) is 17.7 Å². The highest BCUT2D eigenvalue weighted by atomic mass is 32.2. The Balaban J connectivity index is 1.28. The zero-order chi connectivity index (χ0) is 23.8. The Kier molecular flexibility index (Phi) is 7.98. The van der Waals surface area contributed by atoms with Crippen LogP contribution in [0.25, 0.3) is 0 Å². The number of hydrogen-bond donors (Lipinski definition) is 1. The van der Waals surface area contributed by atoms with E-state index in [1.165, 1.54) is 4.31 Å². The van der Waals surface area contributed by atoms with Crippen molar-refractivity contribution in [1.29, 1.82) is 0 Å². The van der Waals surface area contributed by atoms with Gasteiger partial charge in [0.05, 0.1) is 11.7 Å². The first-order valence-corrected chi connectivity index (χ1v) is 13.3. The molecule has 178 valence electrons. The first-order chi connectivity index (χ1) is 16.5. The molecule has 0 radical (unpaired) electrons. The Hall–Kier alpha value is -3.16. The lowest BCUT2D eigenvalue weighted by Crippen LogP contribution is -2.44. The number of rotatable bonds is 9. The Morgan fingerprint density at radius 3 is 2.26 bits per heavy atom. The van der Waals surface area contributed by atoms with E-state index in [9.17, 15) is 13.2 Å². The standard InChI is InChI=1S/C27H30N2O4S/c30-27(28-24-15-17-26(18-16-24)33-25-13-5-2-6-14-25)23-12-7-19-29(21-23)34(31,32)20-8-11-22-9-3-1-4-10-22/h1-6,9-10,13-18,23H,7-8,11-12,19-21H2,(H,28,30)/t23-/m1/s1. The zero-order valence-electron chi connectivity index (χ0n) is 19.1. The van der Waals surface area contributed by atoms with Crippen molar-refractivity contribution in [2.24, 2.45) is 5.92 Å². The van der Waals surface area contributed by atoms with Gasteiger partial charge in [0.2, 0.25) is 15.9 Å². The van der Waals surface area contributed by atoms with Crippen molar-refractivity contribution in [1.82, 2.24) is 4.31 Å². The molecule has 1 heterocycles. The number of carbonyl (C=O) groups is 1. The molecule has 1 amide bonds. The number of nitrogens with one attached hydrogen (secondary N) is 1. The molecule has 0 spiro atoms. The molecular formula is C27H30N2O4S. The second-order valence-electron chi connectivity index (χ2n) is 8.53. The van der Waals surface area contributed by atoms with Crippen LogP contribution in [-0.4, -0.2) is 37.5 Å². The second kappa shape index (κ2) is 11.3. The smallest absolute Gasteiger partial charge is 0.228 e. The summed E-state index contributed by atoms with van der Waals surface area (Å²) in [6.45, 7) is 0.706. The van der Waals surface area contributed by atoms with E-state index in [0.29, 0.717) is 37.2 Å². The molecule has 0 aliphatic carbocycles. The summed E-state index contributed by atoms with van der Waals surface area (Å²) >= 11 is 0. The van der Waals surface area contributed by atoms with Gasteiger partial charge in [0.25, 0.3) is 0 Å². The number of para-hydroxylation sites is 1. The molecule has 34 heavy (non-hydrogen) atoms. The molecule has 0 aromatic heterocycles. The number of aryl methyl sites for hydroxylation is 1. The Labute approximate surface area is 201 Å². The second-order valence-corrected chi connectivity index (χ2v) is 10.6. The summed E-state index contributed by atoms with van der Waals surface area (Å²) in [5, 5.41) is 2.92. The lowest BCUT2D eigenvalue weighted by atomic mass is 9.99. The summed E-state index contributed by atoms with van der Waals surface area (Å²) in [5.41, 5.74) is 1.79. The van der Waals surface area contributed by atoms with Gasteiger partial charge in [-0.05, 0) is 67.6 Å². The highest BCUT2D eigenvalue weighted by molar-refractivity contribution is 7.89. The molecule has 1 aliphatic heterocycles. The first kappa shape index (κ1) is 24.0. The number of ether oxygens (including phenoxy) is 1. The van der Waals surface area contributed by atoms with E-state index >= 15 is 0 Å². The number of benzene rings is 3. The monoisotopic (exact) mass is 478 g/mol. The third-order valence-electron chi connectivity index (χ3n) is 5.96. The van der Waals surface area contributed by atoms with Gasteiger partial charge in [-0.1, -0.05) is 48.5 Å². The average Bonchev–Trinajstić information content (AvgIpc) is 2.86. The molecule has 3 aromatic rings. The predicted octanol–water partition coefficient (Wildman–Crippen LogP) is 5.09. The van der Waals surface area contributed by atoms with Gasteiger partial charge >= 0.3 is 0 Å². The molecule has 0 saturated carbocycles. The fourth-order valence-electron chi connectivity index (χ4n) is 4.12. The number of carbonyl (C=O) groups excluding carboxylic acids is 1. The number of sulfonamides is 1. The third kappa shape index (κ3) is 6.68. The highest BCUT2D eigenvalue weighted by Gasteiger charge is 2.32. The van der Waals surface area contributed by atoms with Gasteiger partial charge in [-0.2, -0.15) is 0 Å². The molecule has 0 unspecified atom stereocenters. The summed E-state index contributed by atoms with van der Waals surface area (Å²) in [6.07, 6.45) is 2.65. The lowest BCUT2D eigenvalue weighted by molar-refractivity contribution is -0.120. The van der Waals surface area contributed by atoms with Gasteiger partial charge in [0.15, 0.2) is 0 Å². The average molecular weight is 479 g/mol. The first-order valence-electron chi connectivity index (χ1n) is 11.7. The molecule has 1 atom stereocenters. The summed E-state index contributed by atoms with van der Waals surface area (Å²) in [4.78, 5) is 12.9. The van der Waals surface area contributed by atoms with Crippen LogP contribution >= 0.6 is 0 Å². The fraction of sp³-hybridized carbons (Fsp3) is 0.296. The SMILES string of the molecule is O=C(Nc1ccc(Oc2ccccc2)cc1)[C@@H]1CCCN(S(=O)(=O)CCCc2ccccc2)C1. The maximum Gasteiger partial charge on any atom is 0.228 e. The molecular weight excluding hydrogens is 448 g/mol. The fourth-order valence-corrected chi connectivity index (χ4v) is 5.70. The van der Waals surface area contributed by atoms with Gasteiger partial charge in [-0.15, -0.1) is 0 Å². The number of anilines is 1. The van der Waals surface area contributed by atoms with Crippen LogP contribution in [0.1, 0.15) is 24.8 Å². The van der Waals surface area contributed by atoms with Crippen LogP contribution in [0.15, 0.2) is 84.9 Å². The van der Waals surface area contributed by atoms with Gasteiger partial charge < -0.3 is 10.1 Å². The molecule has 4 rings (SSSR count). The van der Waals surface area contributed by atoms with Crippen molar-refractivity contribution >= 4 is 21.6 Å². The molecule has 7 heteroatoms. The summed E-state index contributed by atoms with van der Waals surface area (Å²) in [5.74, 6) is 0.999. The van der Waals surface area contributed by atoms with Crippen molar-refractivity contribution in [3.63, 3.8) is 0 Å². The molecule has 1 N–H and O–H groups in total. The molecule has 0 bridgehead atoms. The molecule has 1 fully saturated rings. The highest BCUT2D eigenvalue weighted by Crippen LogP contribution is 2.25. The minimum Gasteiger partial charge on any atom is -0.457 e. The van der Waals surface area contributed by atoms with E-state index in [2.05, 4.69) is 5.32 Å². The molecule has 1 aliphatic rings. The Bertz CT molecular complexity index is 1170. The van der Waals surface area contributed by atoms with E-state index in [1.54, 1.807) is 24.3 Å². The molecule has 3 aromatic carbocycles. The van der Waals surface area contributed by atoms with Gasteiger partial charge in [0.1, 0.15) is 11.5 Å². The van der Waals surface area contributed by atoms with Crippen LogP contribution in [0.4, 0.5) is 5.69 Å². The minimum atomic E-state index is -3.39. The van der Waals surface area contributed by atoms with Crippen LogP contribution in [0.2, 0.25) is 0 Å².